The minimum atomic E-state index is -3.72. The Balaban J connectivity index is 3.21. The molecule has 0 aliphatic carbocycles. The molecule has 0 aromatic heterocycles. The Kier molecular flexibility index (Phi) is 7.10. The van der Waals surface area contributed by atoms with Crippen LogP contribution in [0.2, 0.25) is 0 Å². The van der Waals surface area contributed by atoms with E-state index in [1.165, 1.54) is 16.4 Å². The fourth-order valence-electron chi connectivity index (χ4n) is 2.25. The lowest BCUT2D eigenvalue weighted by Crippen LogP contribution is -2.35. The first-order valence-electron chi connectivity index (χ1n) is 7.25. The molecule has 0 spiro atoms. The maximum Gasteiger partial charge on any atom is 0.243 e. The van der Waals surface area contributed by atoms with Gasteiger partial charge in [-0.25, -0.2) is 12.8 Å². The van der Waals surface area contributed by atoms with Crippen LogP contribution in [0.25, 0.3) is 0 Å². The maximum absolute atomic E-state index is 13.5. The van der Waals surface area contributed by atoms with Gasteiger partial charge in [-0.1, -0.05) is 39.7 Å². The third-order valence-corrected chi connectivity index (χ3v) is 6.07. The SMILES string of the molecule is CCC(CC)CN(CC)S(=O)(=O)c1cc(F)ccc1CCl. The highest BCUT2D eigenvalue weighted by atomic mass is 35.5. The molecule has 0 aliphatic heterocycles. The lowest BCUT2D eigenvalue weighted by atomic mass is 10.0. The molecule has 0 atom stereocenters. The molecule has 1 rings (SSSR count). The van der Waals surface area contributed by atoms with Crippen molar-refractivity contribution in [1.29, 1.82) is 0 Å². The Morgan fingerprint density at radius 3 is 2.33 bits per heavy atom. The average molecular weight is 336 g/mol. The molecular formula is C15H23ClFNO2S. The zero-order valence-corrected chi connectivity index (χ0v) is 14.3. The van der Waals surface area contributed by atoms with Gasteiger partial charge in [0.15, 0.2) is 0 Å². The van der Waals surface area contributed by atoms with Crippen molar-refractivity contribution < 1.29 is 12.8 Å². The van der Waals surface area contributed by atoms with E-state index in [9.17, 15) is 12.8 Å². The second-order valence-electron chi connectivity index (χ2n) is 5.02. The van der Waals surface area contributed by atoms with Crippen molar-refractivity contribution in [3.8, 4) is 0 Å². The normalized spacial score (nSPS) is 12.3. The van der Waals surface area contributed by atoms with Crippen LogP contribution in [0, 0.1) is 11.7 Å². The molecule has 0 amide bonds. The van der Waals surface area contributed by atoms with Gasteiger partial charge in [-0.15, -0.1) is 11.6 Å². The molecule has 0 bridgehead atoms. The first kappa shape index (κ1) is 18.4. The fraction of sp³-hybridized carbons (Fsp3) is 0.600. The van der Waals surface area contributed by atoms with Gasteiger partial charge >= 0.3 is 0 Å². The van der Waals surface area contributed by atoms with Gasteiger partial charge in [-0.05, 0) is 23.6 Å². The number of sulfonamides is 1. The molecule has 120 valence electrons. The lowest BCUT2D eigenvalue weighted by molar-refractivity contribution is 0.339. The largest absolute Gasteiger partial charge is 0.243 e. The summed E-state index contributed by atoms with van der Waals surface area (Å²) in [5.41, 5.74) is 0.432. The first-order valence-corrected chi connectivity index (χ1v) is 9.22. The van der Waals surface area contributed by atoms with Gasteiger partial charge in [0.1, 0.15) is 5.82 Å². The second kappa shape index (κ2) is 8.11. The van der Waals surface area contributed by atoms with Crippen LogP contribution in [0.1, 0.15) is 39.2 Å². The molecule has 0 radical (unpaired) electrons. The zero-order valence-electron chi connectivity index (χ0n) is 12.8. The van der Waals surface area contributed by atoms with E-state index < -0.39 is 15.8 Å². The van der Waals surface area contributed by atoms with Gasteiger partial charge in [0.2, 0.25) is 10.0 Å². The monoisotopic (exact) mass is 335 g/mol. The fourth-order valence-corrected chi connectivity index (χ4v) is 4.32. The summed E-state index contributed by atoms with van der Waals surface area (Å²) < 4.78 is 40.4. The van der Waals surface area contributed by atoms with Gasteiger partial charge in [-0.2, -0.15) is 4.31 Å². The minimum absolute atomic E-state index is 0.0229. The van der Waals surface area contributed by atoms with E-state index in [1.807, 2.05) is 13.8 Å². The van der Waals surface area contributed by atoms with Crippen molar-refractivity contribution >= 4 is 21.6 Å². The molecule has 0 unspecified atom stereocenters. The third kappa shape index (κ3) is 4.41. The predicted octanol–water partition coefficient (Wildman–Crippen LogP) is 4.01. The molecule has 0 N–H and O–H groups in total. The smallest absolute Gasteiger partial charge is 0.207 e. The molecule has 1 aromatic carbocycles. The van der Waals surface area contributed by atoms with Crippen molar-refractivity contribution in [3.05, 3.63) is 29.6 Å². The van der Waals surface area contributed by atoms with Crippen LogP contribution in [0.5, 0.6) is 0 Å². The molecule has 0 fully saturated rings. The van der Waals surface area contributed by atoms with E-state index in [0.29, 0.717) is 24.6 Å². The number of nitrogens with zero attached hydrogens (tertiary/aromatic N) is 1. The van der Waals surface area contributed by atoms with Crippen LogP contribution in [-0.2, 0) is 15.9 Å². The first-order chi connectivity index (χ1) is 9.90. The van der Waals surface area contributed by atoms with Crippen molar-refractivity contribution in [3.63, 3.8) is 0 Å². The molecule has 0 saturated carbocycles. The molecular weight excluding hydrogens is 313 g/mol. The summed E-state index contributed by atoms with van der Waals surface area (Å²) in [4.78, 5) is -0.0229. The summed E-state index contributed by atoms with van der Waals surface area (Å²) in [5.74, 6) is -0.231. The van der Waals surface area contributed by atoms with Crippen LogP contribution in [-0.4, -0.2) is 25.8 Å². The number of hydrogen-bond acceptors (Lipinski definition) is 2. The Morgan fingerprint density at radius 2 is 1.86 bits per heavy atom. The van der Waals surface area contributed by atoms with Crippen molar-refractivity contribution in [2.75, 3.05) is 13.1 Å². The van der Waals surface area contributed by atoms with E-state index in [2.05, 4.69) is 0 Å². The number of rotatable bonds is 8. The van der Waals surface area contributed by atoms with E-state index >= 15 is 0 Å². The predicted molar refractivity (Wildman–Crippen MR) is 84.5 cm³/mol. The number of alkyl halides is 1. The van der Waals surface area contributed by atoms with E-state index in [0.717, 1.165) is 18.9 Å². The summed E-state index contributed by atoms with van der Waals surface area (Å²) in [6.45, 7) is 6.68. The quantitative estimate of drug-likeness (QED) is 0.673. The Labute approximate surface area is 132 Å². The van der Waals surface area contributed by atoms with Crippen LogP contribution >= 0.6 is 11.6 Å². The van der Waals surface area contributed by atoms with Gasteiger partial charge in [0, 0.05) is 19.0 Å². The van der Waals surface area contributed by atoms with Crippen molar-refractivity contribution in [2.24, 2.45) is 5.92 Å². The molecule has 6 heteroatoms. The summed E-state index contributed by atoms with van der Waals surface area (Å²) in [6.07, 6.45) is 1.82. The summed E-state index contributed by atoms with van der Waals surface area (Å²) in [6, 6.07) is 3.72. The summed E-state index contributed by atoms with van der Waals surface area (Å²) in [5, 5.41) is 0. The molecule has 3 nitrogen and oxygen atoms in total. The summed E-state index contributed by atoms with van der Waals surface area (Å²) >= 11 is 5.79. The van der Waals surface area contributed by atoms with Gasteiger partial charge in [-0.3, -0.25) is 0 Å². The highest BCUT2D eigenvalue weighted by Gasteiger charge is 2.27. The Morgan fingerprint density at radius 1 is 1.24 bits per heavy atom. The van der Waals surface area contributed by atoms with Gasteiger partial charge < -0.3 is 0 Å². The van der Waals surface area contributed by atoms with Crippen LogP contribution in [0.15, 0.2) is 23.1 Å². The Bertz CT molecular complexity index is 559. The number of halogens is 2. The lowest BCUT2D eigenvalue weighted by Gasteiger charge is -2.25. The molecule has 0 saturated heterocycles. The zero-order chi connectivity index (χ0) is 16.0. The van der Waals surface area contributed by atoms with Crippen LogP contribution < -0.4 is 0 Å². The van der Waals surface area contributed by atoms with Crippen molar-refractivity contribution in [1.82, 2.24) is 4.31 Å². The van der Waals surface area contributed by atoms with E-state index in [-0.39, 0.29) is 10.8 Å². The number of benzene rings is 1. The van der Waals surface area contributed by atoms with Gasteiger partial charge in [0.05, 0.1) is 4.90 Å². The molecule has 21 heavy (non-hydrogen) atoms. The topological polar surface area (TPSA) is 37.4 Å². The van der Waals surface area contributed by atoms with Crippen LogP contribution in [0.3, 0.4) is 0 Å². The highest BCUT2D eigenvalue weighted by Crippen LogP contribution is 2.24. The van der Waals surface area contributed by atoms with E-state index in [4.69, 9.17) is 11.6 Å². The number of hydrogen-bond donors (Lipinski definition) is 0. The minimum Gasteiger partial charge on any atom is -0.207 e. The average Bonchev–Trinajstić information content (AvgIpc) is 2.48. The van der Waals surface area contributed by atoms with Gasteiger partial charge in [0.25, 0.3) is 0 Å². The van der Waals surface area contributed by atoms with Crippen LogP contribution in [0.4, 0.5) is 4.39 Å². The summed E-state index contributed by atoms with van der Waals surface area (Å²) in [7, 11) is -3.72. The Hall–Kier alpha value is -0.650. The second-order valence-corrected chi connectivity index (χ2v) is 7.20. The van der Waals surface area contributed by atoms with E-state index in [1.54, 1.807) is 6.92 Å². The van der Waals surface area contributed by atoms with Crippen molar-refractivity contribution in [2.45, 2.75) is 44.4 Å². The highest BCUT2D eigenvalue weighted by molar-refractivity contribution is 7.89. The third-order valence-electron chi connectivity index (χ3n) is 3.76. The standard InChI is InChI=1S/C15H23ClFNO2S/c1-4-12(5-2)11-18(6-3)21(19,20)15-9-14(17)8-7-13(15)10-16/h7-9,12H,4-6,10-11H2,1-3H3. The molecule has 1 aromatic rings. The molecule has 0 aliphatic rings. The maximum atomic E-state index is 13.5. The molecule has 0 heterocycles.